The van der Waals surface area contributed by atoms with Crippen LogP contribution in [-0.4, -0.2) is 15.8 Å². The molecule has 0 amide bonds. The van der Waals surface area contributed by atoms with Gasteiger partial charge in [-0.05, 0) is 25.2 Å². The van der Waals surface area contributed by atoms with E-state index in [0.29, 0.717) is 0 Å². The van der Waals surface area contributed by atoms with Crippen LogP contribution in [-0.2, 0) is 13.5 Å². The molecular weight excluding hydrogens is 248 g/mol. The maximum atomic E-state index is 6.32. The third kappa shape index (κ3) is 2.42. The minimum Gasteiger partial charge on any atom is -0.271 e. The summed E-state index contributed by atoms with van der Waals surface area (Å²) in [6.45, 7) is 4.26. The van der Waals surface area contributed by atoms with Gasteiger partial charge in [-0.2, -0.15) is 5.10 Å². The molecular formula is C13H23ClN4. The van der Waals surface area contributed by atoms with Crippen LogP contribution in [0.5, 0.6) is 0 Å². The smallest absolute Gasteiger partial charge is 0.0847 e. The molecule has 2 rings (SSSR count). The second-order valence-electron chi connectivity index (χ2n) is 5.75. The standard InChI is InChI=1S/C13H23ClN4/c1-9-12(14)10(18(3)17-9)8-11(16-15)13(2)6-4-5-7-13/h11,16H,4-8,15H2,1-3H3. The number of halogens is 1. The van der Waals surface area contributed by atoms with Gasteiger partial charge >= 0.3 is 0 Å². The Morgan fingerprint density at radius 3 is 2.56 bits per heavy atom. The molecule has 0 bridgehead atoms. The SMILES string of the molecule is Cc1nn(C)c(CC(NN)C2(C)CCCC2)c1Cl. The summed E-state index contributed by atoms with van der Waals surface area (Å²) in [6, 6.07) is 0.257. The molecule has 4 nitrogen and oxygen atoms in total. The second-order valence-corrected chi connectivity index (χ2v) is 6.13. The summed E-state index contributed by atoms with van der Waals surface area (Å²) in [4.78, 5) is 0. The van der Waals surface area contributed by atoms with Crippen molar-refractivity contribution in [2.24, 2.45) is 18.3 Å². The molecule has 1 aliphatic carbocycles. The third-order valence-electron chi connectivity index (χ3n) is 4.45. The summed E-state index contributed by atoms with van der Waals surface area (Å²) in [5.41, 5.74) is 5.24. The molecule has 0 aromatic carbocycles. The molecule has 0 radical (unpaired) electrons. The number of nitrogens with zero attached hydrogens (tertiary/aromatic N) is 2. The average molecular weight is 271 g/mol. The number of hydrazine groups is 1. The second kappa shape index (κ2) is 5.19. The zero-order valence-electron chi connectivity index (χ0n) is 11.5. The van der Waals surface area contributed by atoms with Gasteiger partial charge in [-0.1, -0.05) is 31.4 Å². The predicted molar refractivity (Wildman–Crippen MR) is 74.3 cm³/mol. The Hall–Kier alpha value is -0.580. The van der Waals surface area contributed by atoms with Gasteiger partial charge in [0.1, 0.15) is 0 Å². The molecule has 0 aliphatic heterocycles. The first-order valence-corrected chi connectivity index (χ1v) is 7.00. The molecule has 102 valence electrons. The lowest BCUT2D eigenvalue weighted by atomic mass is 9.79. The van der Waals surface area contributed by atoms with Crippen LogP contribution < -0.4 is 11.3 Å². The lowest BCUT2D eigenvalue weighted by Crippen LogP contribution is -2.47. The third-order valence-corrected chi connectivity index (χ3v) is 4.94. The van der Waals surface area contributed by atoms with Gasteiger partial charge in [-0.3, -0.25) is 16.0 Å². The number of nitrogens with one attached hydrogen (secondary N) is 1. The molecule has 0 spiro atoms. The summed E-state index contributed by atoms with van der Waals surface area (Å²) in [5, 5.41) is 5.14. The lowest BCUT2D eigenvalue weighted by Gasteiger charge is -2.33. The van der Waals surface area contributed by atoms with Crippen molar-refractivity contribution in [3.05, 3.63) is 16.4 Å². The highest BCUT2D eigenvalue weighted by Crippen LogP contribution is 2.41. The highest BCUT2D eigenvalue weighted by atomic mass is 35.5. The fraction of sp³-hybridized carbons (Fsp3) is 0.769. The van der Waals surface area contributed by atoms with Crippen molar-refractivity contribution in [3.8, 4) is 0 Å². The number of hydrogen-bond acceptors (Lipinski definition) is 3. The minimum atomic E-state index is 0.257. The summed E-state index contributed by atoms with van der Waals surface area (Å²) in [5.74, 6) is 5.77. The Balaban J connectivity index is 2.20. The Bertz CT molecular complexity index is 421. The number of hydrogen-bond donors (Lipinski definition) is 2. The van der Waals surface area contributed by atoms with Gasteiger partial charge < -0.3 is 0 Å². The summed E-state index contributed by atoms with van der Waals surface area (Å²) >= 11 is 6.32. The normalized spacial score (nSPS) is 20.3. The average Bonchev–Trinajstić information content (AvgIpc) is 2.85. The molecule has 1 aliphatic rings. The van der Waals surface area contributed by atoms with E-state index in [0.717, 1.165) is 22.8 Å². The summed E-state index contributed by atoms with van der Waals surface area (Å²) in [7, 11) is 1.94. The maximum Gasteiger partial charge on any atom is 0.0847 e. The van der Waals surface area contributed by atoms with Crippen molar-refractivity contribution in [1.82, 2.24) is 15.2 Å². The van der Waals surface area contributed by atoms with E-state index in [1.807, 2.05) is 18.7 Å². The van der Waals surface area contributed by atoms with Crippen LogP contribution >= 0.6 is 11.6 Å². The minimum absolute atomic E-state index is 0.257. The largest absolute Gasteiger partial charge is 0.271 e. The predicted octanol–water partition coefficient (Wildman–Crippen LogP) is 2.34. The first-order chi connectivity index (χ1) is 8.48. The van der Waals surface area contributed by atoms with Gasteiger partial charge in [0.2, 0.25) is 0 Å². The molecule has 18 heavy (non-hydrogen) atoms. The summed E-state index contributed by atoms with van der Waals surface area (Å²) in [6.07, 6.45) is 5.90. The zero-order chi connectivity index (χ0) is 13.3. The quantitative estimate of drug-likeness (QED) is 0.652. The summed E-state index contributed by atoms with van der Waals surface area (Å²) < 4.78 is 1.88. The lowest BCUT2D eigenvalue weighted by molar-refractivity contribution is 0.218. The van der Waals surface area contributed by atoms with E-state index < -0.39 is 0 Å². The molecule has 5 heteroatoms. The highest BCUT2D eigenvalue weighted by molar-refractivity contribution is 6.31. The van der Waals surface area contributed by atoms with Gasteiger partial charge in [-0.25, -0.2) is 0 Å². The van der Waals surface area contributed by atoms with Crippen molar-refractivity contribution in [1.29, 1.82) is 0 Å². The van der Waals surface area contributed by atoms with Gasteiger partial charge in [0, 0.05) is 19.5 Å². The zero-order valence-corrected chi connectivity index (χ0v) is 12.2. The molecule has 1 saturated carbocycles. The monoisotopic (exact) mass is 270 g/mol. The van der Waals surface area contributed by atoms with Crippen molar-refractivity contribution >= 4 is 11.6 Å². The number of aromatic nitrogens is 2. The fourth-order valence-corrected chi connectivity index (χ4v) is 3.37. The molecule has 1 heterocycles. The van der Waals surface area contributed by atoms with Crippen LogP contribution in [0, 0.1) is 12.3 Å². The van der Waals surface area contributed by atoms with E-state index in [1.54, 1.807) is 0 Å². The van der Waals surface area contributed by atoms with Gasteiger partial charge in [0.15, 0.2) is 0 Å². The van der Waals surface area contributed by atoms with Crippen LogP contribution in [0.25, 0.3) is 0 Å². The molecule has 3 N–H and O–H groups in total. The van der Waals surface area contributed by atoms with Crippen LogP contribution in [0.1, 0.15) is 44.0 Å². The van der Waals surface area contributed by atoms with E-state index in [1.165, 1.54) is 25.7 Å². The first kappa shape index (κ1) is 13.8. The Labute approximate surface area is 114 Å². The Morgan fingerprint density at radius 2 is 2.11 bits per heavy atom. The highest BCUT2D eigenvalue weighted by Gasteiger charge is 2.37. The van der Waals surface area contributed by atoms with Crippen molar-refractivity contribution < 1.29 is 0 Å². The van der Waals surface area contributed by atoms with Crippen molar-refractivity contribution in [3.63, 3.8) is 0 Å². The molecule has 1 unspecified atom stereocenters. The molecule has 1 fully saturated rings. The maximum absolute atomic E-state index is 6.32. The number of aryl methyl sites for hydroxylation is 2. The molecule has 1 aromatic rings. The molecule has 1 aromatic heterocycles. The van der Waals surface area contributed by atoms with Gasteiger partial charge in [-0.15, -0.1) is 0 Å². The topological polar surface area (TPSA) is 55.9 Å². The van der Waals surface area contributed by atoms with E-state index in [4.69, 9.17) is 17.4 Å². The Morgan fingerprint density at radius 1 is 1.50 bits per heavy atom. The van der Waals surface area contributed by atoms with Crippen molar-refractivity contribution in [2.75, 3.05) is 0 Å². The van der Waals surface area contributed by atoms with E-state index in [2.05, 4.69) is 17.4 Å². The fourth-order valence-electron chi connectivity index (χ4n) is 3.13. The van der Waals surface area contributed by atoms with E-state index in [9.17, 15) is 0 Å². The Kier molecular flexibility index (Phi) is 3.99. The number of nitrogens with two attached hydrogens (primary N) is 1. The molecule has 1 atom stereocenters. The number of rotatable bonds is 4. The van der Waals surface area contributed by atoms with Crippen LogP contribution in [0.3, 0.4) is 0 Å². The first-order valence-electron chi connectivity index (χ1n) is 6.62. The van der Waals surface area contributed by atoms with Crippen LogP contribution in [0.4, 0.5) is 0 Å². The van der Waals surface area contributed by atoms with E-state index in [-0.39, 0.29) is 11.5 Å². The van der Waals surface area contributed by atoms with Crippen molar-refractivity contribution in [2.45, 2.75) is 52.0 Å². The molecule has 0 saturated heterocycles. The van der Waals surface area contributed by atoms with E-state index >= 15 is 0 Å². The van der Waals surface area contributed by atoms with Gasteiger partial charge in [0.25, 0.3) is 0 Å². The van der Waals surface area contributed by atoms with Gasteiger partial charge in [0.05, 0.1) is 16.4 Å². The van der Waals surface area contributed by atoms with Crippen LogP contribution in [0.15, 0.2) is 0 Å². The van der Waals surface area contributed by atoms with Crippen LogP contribution in [0.2, 0.25) is 5.02 Å².